The molecule has 0 aliphatic carbocycles. The van der Waals surface area contributed by atoms with Gasteiger partial charge in [-0.05, 0) is 43.1 Å². The fourth-order valence-corrected chi connectivity index (χ4v) is 3.81. The van der Waals surface area contributed by atoms with Crippen molar-refractivity contribution < 1.29 is 8.42 Å². The van der Waals surface area contributed by atoms with Crippen LogP contribution in [0.5, 0.6) is 0 Å². The third-order valence-corrected chi connectivity index (χ3v) is 5.18. The molecule has 1 aromatic rings. The molecule has 114 valence electrons. The molecule has 1 aromatic carbocycles. The first-order valence-corrected chi connectivity index (χ1v) is 8.51. The molecule has 0 aromatic heterocycles. The Morgan fingerprint density at radius 2 is 1.95 bits per heavy atom. The number of hydrogen-bond acceptors (Lipinski definition) is 3. The Bertz CT molecular complexity index is 539. The van der Waals surface area contributed by atoms with Crippen molar-refractivity contribution >= 4 is 10.0 Å². The normalized spacial score (nSPS) is 12.3. The van der Waals surface area contributed by atoms with E-state index in [1.165, 1.54) is 0 Å². The summed E-state index contributed by atoms with van der Waals surface area (Å²) in [6.45, 7) is 9.65. The largest absolute Gasteiger partial charge is 0.316 e. The van der Waals surface area contributed by atoms with Crippen LogP contribution < -0.4 is 5.32 Å². The molecule has 0 fully saturated rings. The van der Waals surface area contributed by atoms with Gasteiger partial charge in [0.1, 0.15) is 0 Å². The van der Waals surface area contributed by atoms with Gasteiger partial charge in [0, 0.05) is 19.6 Å². The van der Waals surface area contributed by atoms with E-state index in [-0.39, 0.29) is 0 Å². The van der Waals surface area contributed by atoms with Crippen molar-refractivity contribution in [3.63, 3.8) is 0 Å². The van der Waals surface area contributed by atoms with E-state index in [2.05, 4.69) is 5.32 Å². The van der Waals surface area contributed by atoms with E-state index in [0.717, 1.165) is 11.1 Å². The molecule has 0 saturated carbocycles. The van der Waals surface area contributed by atoms with Gasteiger partial charge in [0.05, 0.1) is 4.90 Å². The van der Waals surface area contributed by atoms with Crippen molar-refractivity contribution in [2.24, 2.45) is 5.92 Å². The number of sulfonamides is 1. The number of nitrogens with one attached hydrogen (secondary N) is 1. The van der Waals surface area contributed by atoms with Gasteiger partial charge >= 0.3 is 0 Å². The lowest BCUT2D eigenvalue weighted by molar-refractivity contribution is 0.381. The fraction of sp³-hybridized carbons (Fsp3) is 0.600. The molecule has 5 heteroatoms. The predicted molar refractivity (Wildman–Crippen MR) is 83.2 cm³/mol. The molecule has 0 unspecified atom stereocenters. The second kappa shape index (κ2) is 7.20. The number of aryl methyl sites for hydroxylation is 1. The Hall–Kier alpha value is -0.910. The lowest BCUT2D eigenvalue weighted by Gasteiger charge is -2.23. The Morgan fingerprint density at radius 1 is 1.30 bits per heavy atom. The molecule has 0 amide bonds. The van der Waals surface area contributed by atoms with Crippen LogP contribution in [0.3, 0.4) is 0 Å². The highest BCUT2D eigenvalue weighted by Crippen LogP contribution is 2.20. The first-order valence-electron chi connectivity index (χ1n) is 7.07. The molecule has 0 bridgehead atoms. The minimum Gasteiger partial charge on any atom is -0.316 e. The van der Waals surface area contributed by atoms with Crippen LogP contribution in [0.4, 0.5) is 0 Å². The van der Waals surface area contributed by atoms with Crippen molar-refractivity contribution in [1.29, 1.82) is 0 Å². The molecule has 0 spiro atoms. The number of hydrogen-bond donors (Lipinski definition) is 1. The third kappa shape index (κ3) is 4.04. The summed E-state index contributed by atoms with van der Waals surface area (Å²) in [5, 5.41) is 3.07. The maximum absolute atomic E-state index is 12.7. The first-order chi connectivity index (χ1) is 9.32. The molecule has 0 radical (unpaired) electrons. The zero-order valence-electron chi connectivity index (χ0n) is 13.1. The van der Waals surface area contributed by atoms with Crippen LogP contribution in [0.2, 0.25) is 0 Å². The van der Waals surface area contributed by atoms with Gasteiger partial charge in [0.25, 0.3) is 0 Å². The van der Waals surface area contributed by atoms with Crippen molar-refractivity contribution in [2.75, 3.05) is 20.1 Å². The molecule has 20 heavy (non-hydrogen) atoms. The van der Waals surface area contributed by atoms with Crippen molar-refractivity contribution in [1.82, 2.24) is 9.62 Å². The van der Waals surface area contributed by atoms with E-state index in [9.17, 15) is 8.42 Å². The summed E-state index contributed by atoms with van der Waals surface area (Å²) in [6, 6.07) is 5.36. The molecule has 0 heterocycles. The van der Waals surface area contributed by atoms with Crippen LogP contribution in [-0.4, -0.2) is 32.9 Å². The minimum atomic E-state index is -3.40. The summed E-state index contributed by atoms with van der Waals surface area (Å²) in [5.41, 5.74) is 2.12. The molecule has 0 aliphatic heterocycles. The monoisotopic (exact) mass is 298 g/mol. The number of nitrogens with zero attached hydrogens (tertiary/aromatic N) is 1. The zero-order valence-corrected chi connectivity index (χ0v) is 13.9. The van der Waals surface area contributed by atoms with Gasteiger partial charge in [0.15, 0.2) is 0 Å². The molecule has 4 nitrogen and oxygen atoms in total. The Balaban J connectivity index is 3.17. The first kappa shape index (κ1) is 17.1. The molecular weight excluding hydrogens is 272 g/mol. The Kier molecular flexibility index (Phi) is 6.17. The lowest BCUT2D eigenvalue weighted by atomic mass is 10.1. The van der Waals surface area contributed by atoms with E-state index in [1.54, 1.807) is 16.4 Å². The van der Waals surface area contributed by atoms with Crippen molar-refractivity contribution in [3.05, 3.63) is 29.3 Å². The summed E-state index contributed by atoms with van der Waals surface area (Å²) >= 11 is 0. The van der Waals surface area contributed by atoms with E-state index in [0.29, 0.717) is 30.4 Å². The summed E-state index contributed by atoms with van der Waals surface area (Å²) in [7, 11) is -1.54. The lowest BCUT2D eigenvalue weighted by Crippen LogP contribution is -2.34. The highest BCUT2D eigenvalue weighted by atomic mass is 32.2. The fourth-order valence-electron chi connectivity index (χ4n) is 2.14. The van der Waals surface area contributed by atoms with E-state index >= 15 is 0 Å². The van der Waals surface area contributed by atoms with Crippen molar-refractivity contribution in [3.8, 4) is 0 Å². The quantitative estimate of drug-likeness (QED) is 0.841. The van der Waals surface area contributed by atoms with Crippen LogP contribution in [0.15, 0.2) is 23.1 Å². The molecular formula is C15H26N2O2S. The number of rotatable bonds is 7. The SMILES string of the molecule is CCN(CC(C)C)S(=O)(=O)c1ccc(C)c(CNC)c1. The molecule has 0 atom stereocenters. The second-order valence-electron chi connectivity index (χ2n) is 5.47. The molecule has 1 N–H and O–H groups in total. The van der Waals surface area contributed by atoms with Gasteiger partial charge in [0.2, 0.25) is 10.0 Å². The minimum absolute atomic E-state index is 0.312. The molecule has 0 aliphatic rings. The molecule has 0 saturated heterocycles. The Morgan fingerprint density at radius 3 is 2.45 bits per heavy atom. The van der Waals surface area contributed by atoms with Crippen LogP contribution >= 0.6 is 0 Å². The van der Waals surface area contributed by atoms with Gasteiger partial charge in [-0.15, -0.1) is 0 Å². The standard InChI is InChI=1S/C15H26N2O2S/c1-6-17(11-12(2)3)20(18,19)15-8-7-13(4)14(9-15)10-16-5/h7-9,12,16H,6,10-11H2,1-5H3. The third-order valence-electron chi connectivity index (χ3n) is 3.25. The summed E-state index contributed by atoms with van der Waals surface area (Å²) < 4.78 is 26.9. The van der Waals surface area contributed by atoms with Crippen LogP contribution in [0, 0.1) is 12.8 Å². The smallest absolute Gasteiger partial charge is 0.243 e. The van der Waals surface area contributed by atoms with Gasteiger partial charge in [-0.2, -0.15) is 4.31 Å². The van der Waals surface area contributed by atoms with Gasteiger partial charge in [-0.25, -0.2) is 8.42 Å². The van der Waals surface area contributed by atoms with Gasteiger partial charge in [-0.1, -0.05) is 26.8 Å². The second-order valence-corrected chi connectivity index (χ2v) is 7.41. The highest BCUT2D eigenvalue weighted by molar-refractivity contribution is 7.89. The maximum atomic E-state index is 12.7. The van der Waals surface area contributed by atoms with E-state index in [4.69, 9.17) is 0 Å². The summed E-state index contributed by atoms with van der Waals surface area (Å²) in [6.07, 6.45) is 0. The topological polar surface area (TPSA) is 49.4 Å². The summed E-state index contributed by atoms with van der Waals surface area (Å²) in [5.74, 6) is 0.312. The predicted octanol–water partition coefficient (Wildman–Crippen LogP) is 2.38. The highest BCUT2D eigenvalue weighted by Gasteiger charge is 2.24. The zero-order chi connectivity index (χ0) is 15.3. The summed E-state index contributed by atoms with van der Waals surface area (Å²) in [4.78, 5) is 0.385. The van der Waals surface area contributed by atoms with Crippen LogP contribution in [0.25, 0.3) is 0 Å². The average Bonchev–Trinajstić information content (AvgIpc) is 2.38. The number of benzene rings is 1. The van der Waals surface area contributed by atoms with E-state index < -0.39 is 10.0 Å². The van der Waals surface area contributed by atoms with Gasteiger partial charge < -0.3 is 5.32 Å². The van der Waals surface area contributed by atoms with Crippen LogP contribution in [0.1, 0.15) is 31.9 Å². The van der Waals surface area contributed by atoms with E-state index in [1.807, 2.05) is 40.8 Å². The van der Waals surface area contributed by atoms with Crippen LogP contribution in [-0.2, 0) is 16.6 Å². The van der Waals surface area contributed by atoms with Crippen molar-refractivity contribution in [2.45, 2.75) is 39.1 Å². The maximum Gasteiger partial charge on any atom is 0.243 e. The molecule has 1 rings (SSSR count). The average molecular weight is 298 g/mol. The van der Waals surface area contributed by atoms with Gasteiger partial charge in [-0.3, -0.25) is 0 Å². The Labute approximate surface area is 123 Å².